The van der Waals surface area contributed by atoms with Crippen LogP contribution in [0.4, 0.5) is 5.69 Å². The zero-order chi connectivity index (χ0) is 14.0. The van der Waals surface area contributed by atoms with Crippen LogP contribution in [0.1, 0.15) is 0 Å². The number of sulfonamides is 1. The lowest BCUT2D eigenvalue weighted by Crippen LogP contribution is -2.13. The highest BCUT2D eigenvalue weighted by Gasteiger charge is 2.18. The highest BCUT2D eigenvalue weighted by atomic mass is 79.9. The van der Waals surface area contributed by atoms with Crippen molar-refractivity contribution in [2.45, 2.75) is 4.90 Å². The quantitative estimate of drug-likeness (QED) is 0.703. The molecule has 0 aliphatic rings. The third kappa shape index (κ3) is 3.81. The van der Waals surface area contributed by atoms with Crippen molar-refractivity contribution in [3.05, 3.63) is 55.9 Å². The molecule has 19 heavy (non-hydrogen) atoms. The van der Waals surface area contributed by atoms with E-state index >= 15 is 0 Å². The summed E-state index contributed by atoms with van der Waals surface area (Å²) in [5.74, 6) is 0. The summed E-state index contributed by atoms with van der Waals surface area (Å²) in [6.45, 7) is 0. The largest absolute Gasteiger partial charge is 0.280 e. The number of hydrogen-bond donors (Lipinski definition) is 1. The SMILES string of the molecule is O=S(=O)(Nc1ccc(Br)cc1)c1cc(Br)ccc1Br. The summed E-state index contributed by atoms with van der Waals surface area (Å²) in [6.07, 6.45) is 0. The number of anilines is 1. The summed E-state index contributed by atoms with van der Waals surface area (Å²) in [7, 11) is -3.62. The van der Waals surface area contributed by atoms with Crippen LogP contribution in [0.2, 0.25) is 0 Å². The van der Waals surface area contributed by atoms with E-state index < -0.39 is 10.0 Å². The van der Waals surface area contributed by atoms with Crippen LogP contribution in [0, 0.1) is 0 Å². The Morgan fingerprint density at radius 2 is 1.42 bits per heavy atom. The first-order valence-corrected chi connectivity index (χ1v) is 8.98. The van der Waals surface area contributed by atoms with Crippen LogP contribution in [-0.4, -0.2) is 8.42 Å². The molecule has 0 spiro atoms. The van der Waals surface area contributed by atoms with Gasteiger partial charge in [0.25, 0.3) is 10.0 Å². The lowest BCUT2D eigenvalue weighted by atomic mass is 10.3. The van der Waals surface area contributed by atoms with Crippen LogP contribution in [-0.2, 0) is 10.0 Å². The molecule has 0 unspecified atom stereocenters. The third-order valence-corrected chi connectivity index (χ3v) is 5.68. The van der Waals surface area contributed by atoms with Gasteiger partial charge in [-0.15, -0.1) is 0 Å². The molecular formula is C12H8Br3NO2S. The van der Waals surface area contributed by atoms with E-state index in [0.717, 1.165) is 4.47 Å². The van der Waals surface area contributed by atoms with E-state index in [0.29, 0.717) is 14.6 Å². The first-order chi connectivity index (χ1) is 8.88. The zero-order valence-corrected chi connectivity index (χ0v) is 15.0. The van der Waals surface area contributed by atoms with Crippen molar-refractivity contribution in [1.29, 1.82) is 0 Å². The normalized spacial score (nSPS) is 11.3. The van der Waals surface area contributed by atoms with Crippen LogP contribution in [0.15, 0.2) is 60.8 Å². The number of rotatable bonds is 3. The molecule has 0 amide bonds. The number of halogens is 3. The molecule has 2 aromatic carbocycles. The maximum Gasteiger partial charge on any atom is 0.263 e. The van der Waals surface area contributed by atoms with Crippen molar-refractivity contribution >= 4 is 63.5 Å². The predicted molar refractivity (Wildman–Crippen MR) is 86.8 cm³/mol. The lowest BCUT2D eigenvalue weighted by Gasteiger charge is -2.10. The first-order valence-electron chi connectivity index (χ1n) is 5.12. The minimum absolute atomic E-state index is 0.185. The van der Waals surface area contributed by atoms with Gasteiger partial charge >= 0.3 is 0 Å². The molecule has 0 aliphatic heterocycles. The van der Waals surface area contributed by atoms with Gasteiger partial charge in [0.15, 0.2) is 0 Å². The van der Waals surface area contributed by atoms with Gasteiger partial charge in [0.1, 0.15) is 4.90 Å². The van der Waals surface area contributed by atoms with Crippen molar-refractivity contribution in [3.8, 4) is 0 Å². The molecule has 0 heterocycles. The van der Waals surface area contributed by atoms with Crippen LogP contribution in [0.3, 0.4) is 0 Å². The van der Waals surface area contributed by atoms with Gasteiger partial charge in [-0.3, -0.25) is 4.72 Å². The molecule has 0 aliphatic carbocycles. The maximum absolute atomic E-state index is 12.3. The summed E-state index contributed by atoms with van der Waals surface area (Å²) in [5, 5.41) is 0. The van der Waals surface area contributed by atoms with E-state index in [4.69, 9.17) is 0 Å². The predicted octanol–water partition coefficient (Wildman–Crippen LogP) is 4.77. The van der Waals surface area contributed by atoms with Gasteiger partial charge in [-0.25, -0.2) is 8.42 Å². The van der Waals surface area contributed by atoms with E-state index in [1.807, 2.05) is 0 Å². The van der Waals surface area contributed by atoms with Crippen LogP contribution in [0.25, 0.3) is 0 Å². The molecule has 0 atom stereocenters. The second-order valence-electron chi connectivity index (χ2n) is 3.69. The van der Waals surface area contributed by atoms with Crippen LogP contribution < -0.4 is 4.72 Å². The van der Waals surface area contributed by atoms with Crippen molar-refractivity contribution in [2.24, 2.45) is 0 Å². The van der Waals surface area contributed by atoms with Crippen molar-refractivity contribution < 1.29 is 8.42 Å². The Labute approximate surface area is 136 Å². The minimum Gasteiger partial charge on any atom is -0.280 e. The van der Waals surface area contributed by atoms with Crippen molar-refractivity contribution in [2.75, 3.05) is 4.72 Å². The standard InChI is InChI=1S/C12H8Br3NO2S/c13-8-1-4-10(5-2-8)16-19(17,18)12-7-9(14)3-6-11(12)15/h1-7,16H. The monoisotopic (exact) mass is 467 g/mol. The molecule has 0 saturated heterocycles. The minimum atomic E-state index is -3.62. The first kappa shape index (κ1) is 15.0. The van der Waals surface area contributed by atoms with E-state index in [1.54, 1.807) is 42.5 Å². The van der Waals surface area contributed by atoms with Crippen LogP contribution in [0.5, 0.6) is 0 Å². The van der Waals surface area contributed by atoms with Gasteiger partial charge in [0.2, 0.25) is 0 Å². The van der Waals surface area contributed by atoms with Gasteiger partial charge in [0, 0.05) is 19.1 Å². The maximum atomic E-state index is 12.3. The molecule has 3 nitrogen and oxygen atoms in total. The Morgan fingerprint density at radius 3 is 2.05 bits per heavy atom. The Bertz CT molecular complexity index is 699. The summed E-state index contributed by atoms with van der Waals surface area (Å²) in [6, 6.07) is 11.9. The average molecular weight is 470 g/mol. The molecular weight excluding hydrogens is 462 g/mol. The Hall–Kier alpha value is -0.370. The molecule has 0 fully saturated rings. The summed E-state index contributed by atoms with van der Waals surface area (Å²) >= 11 is 9.81. The Morgan fingerprint density at radius 1 is 0.842 bits per heavy atom. The number of benzene rings is 2. The highest BCUT2D eigenvalue weighted by molar-refractivity contribution is 9.11. The van der Waals surface area contributed by atoms with Gasteiger partial charge in [-0.2, -0.15) is 0 Å². The van der Waals surface area contributed by atoms with Gasteiger partial charge in [-0.1, -0.05) is 31.9 Å². The van der Waals surface area contributed by atoms with Crippen molar-refractivity contribution in [1.82, 2.24) is 0 Å². The van der Waals surface area contributed by atoms with E-state index in [9.17, 15) is 8.42 Å². The van der Waals surface area contributed by atoms with Crippen LogP contribution >= 0.6 is 47.8 Å². The van der Waals surface area contributed by atoms with Crippen molar-refractivity contribution in [3.63, 3.8) is 0 Å². The van der Waals surface area contributed by atoms with E-state index in [2.05, 4.69) is 52.5 Å². The van der Waals surface area contributed by atoms with Gasteiger partial charge < -0.3 is 0 Å². The molecule has 2 rings (SSSR count). The Kier molecular flexibility index (Phi) is 4.70. The number of nitrogens with one attached hydrogen (secondary N) is 1. The Balaban J connectivity index is 2.37. The second-order valence-corrected chi connectivity index (χ2v) is 8.02. The smallest absolute Gasteiger partial charge is 0.263 e. The molecule has 7 heteroatoms. The summed E-state index contributed by atoms with van der Waals surface area (Å²) in [4.78, 5) is 0.185. The summed E-state index contributed by atoms with van der Waals surface area (Å²) < 4.78 is 29.2. The van der Waals surface area contributed by atoms with Gasteiger partial charge in [0.05, 0.1) is 0 Å². The molecule has 0 saturated carbocycles. The summed E-state index contributed by atoms with van der Waals surface area (Å²) in [5.41, 5.74) is 0.509. The fourth-order valence-electron chi connectivity index (χ4n) is 1.41. The molecule has 0 aromatic heterocycles. The highest BCUT2D eigenvalue weighted by Crippen LogP contribution is 2.27. The molecule has 1 N–H and O–H groups in total. The topological polar surface area (TPSA) is 46.2 Å². The average Bonchev–Trinajstić information content (AvgIpc) is 2.35. The zero-order valence-electron chi connectivity index (χ0n) is 9.40. The molecule has 0 radical (unpaired) electrons. The third-order valence-electron chi connectivity index (χ3n) is 2.28. The van der Waals surface area contributed by atoms with E-state index in [-0.39, 0.29) is 4.90 Å². The lowest BCUT2D eigenvalue weighted by molar-refractivity contribution is 0.600. The molecule has 0 bridgehead atoms. The fraction of sp³-hybridized carbons (Fsp3) is 0. The van der Waals surface area contributed by atoms with E-state index in [1.165, 1.54) is 0 Å². The fourth-order valence-corrected chi connectivity index (χ4v) is 4.24. The second kappa shape index (κ2) is 5.95. The molecule has 2 aromatic rings. The number of hydrogen-bond acceptors (Lipinski definition) is 2. The molecule has 100 valence electrons. The van der Waals surface area contributed by atoms with Gasteiger partial charge in [-0.05, 0) is 58.4 Å².